The van der Waals surface area contributed by atoms with Crippen LogP contribution < -0.4 is 0 Å². The normalized spacial score (nSPS) is 23.3. The van der Waals surface area contributed by atoms with E-state index in [0.717, 1.165) is 12.2 Å². The van der Waals surface area contributed by atoms with Gasteiger partial charge in [0.1, 0.15) is 6.61 Å². The molecule has 1 rings (SSSR count). The molecule has 0 saturated carbocycles. The predicted molar refractivity (Wildman–Crippen MR) is 72.8 cm³/mol. The molecule has 0 aromatic heterocycles. The third-order valence-electron chi connectivity index (χ3n) is 2.42. The van der Waals surface area contributed by atoms with E-state index in [-0.39, 0.29) is 13.0 Å². The van der Waals surface area contributed by atoms with Gasteiger partial charge in [0.2, 0.25) is 0 Å². The van der Waals surface area contributed by atoms with E-state index in [1.165, 1.54) is 0 Å². The van der Waals surface area contributed by atoms with Crippen molar-refractivity contribution in [3.8, 4) is 0 Å². The summed E-state index contributed by atoms with van der Waals surface area (Å²) in [7, 11) is 0. The first-order valence-corrected chi connectivity index (χ1v) is 7.18. The lowest BCUT2D eigenvalue weighted by Crippen LogP contribution is -2.33. The van der Waals surface area contributed by atoms with Gasteiger partial charge in [0, 0.05) is 12.2 Å². The van der Waals surface area contributed by atoms with Crippen molar-refractivity contribution in [2.45, 2.75) is 31.6 Å². The minimum absolute atomic E-state index is 0.00608. The van der Waals surface area contributed by atoms with Crippen molar-refractivity contribution in [3.05, 3.63) is 12.2 Å². The lowest BCUT2D eigenvalue weighted by molar-refractivity contribution is -0.156. The van der Waals surface area contributed by atoms with Gasteiger partial charge in [-0.1, -0.05) is 6.58 Å². The molecular weight excluding hydrogens is 268 g/mol. The third kappa shape index (κ3) is 6.11. The highest BCUT2D eigenvalue weighted by Gasteiger charge is 2.31. The number of rotatable bonds is 5. The van der Waals surface area contributed by atoms with Crippen LogP contribution in [0.15, 0.2) is 12.2 Å². The molecule has 6 heteroatoms. The van der Waals surface area contributed by atoms with Crippen LogP contribution in [0.4, 0.5) is 0 Å². The van der Waals surface area contributed by atoms with E-state index in [1.54, 1.807) is 18.7 Å². The van der Waals surface area contributed by atoms with Gasteiger partial charge in [0.05, 0.1) is 13.0 Å². The first-order chi connectivity index (χ1) is 8.93. The Morgan fingerprint density at radius 1 is 1.47 bits per heavy atom. The Morgan fingerprint density at radius 2 is 2.21 bits per heavy atom. The van der Waals surface area contributed by atoms with Crippen LogP contribution in [0.5, 0.6) is 0 Å². The molecule has 1 unspecified atom stereocenters. The molecule has 1 fully saturated rings. The van der Waals surface area contributed by atoms with E-state index >= 15 is 0 Å². The zero-order valence-electron chi connectivity index (χ0n) is 11.4. The molecule has 0 aromatic carbocycles. The van der Waals surface area contributed by atoms with Crippen molar-refractivity contribution >= 4 is 23.7 Å². The zero-order chi connectivity index (χ0) is 14.3. The van der Waals surface area contributed by atoms with Gasteiger partial charge in [-0.3, -0.25) is 4.79 Å². The van der Waals surface area contributed by atoms with Crippen molar-refractivity contribution in [2.24, 2.45) is 0 Å². The summed E-state index contributed by atoms with van der Waals surface area (Å²) in [4.78, 5) is 22.2. The minimum Gasteiger partial charge on any atom is -0.462 e. The summed E-state index contributed by atoms with van der Waals surface area (Å²) in [6.45, 7) is 7.93. The fourth-order valence-corrected chi connectivity index (χ4v) is 2.46. The molecule has 1 aliphatic rings. The average molecular weight is 288 g/mol. The van der Waals surface area contributed by atoms with Crippen LogP contribution in [-0.4, -0.2) is 42.4 Å². The molecule has 0 aromatic rings. The molecule has 0 amide bonds. The molecule has 0 radical (unpaired) electrons. The summed E-state index contributed by atoms with van der Waals surface area (Å²) in [6, 6.07) is 0. The molecule has 1 saturated heterocycles. The smallest absolute Gasteiger partial charge is 0.333 e. The van der Waals surface area contributed by atoms with Crippen molar-refractivity contribution in [1.29, 1.82) is 0 Å². The van der Waals surface area contributed by atoms with Crippen LogP contribution >= 0.6 is 11.8 Å². The topological polar surface area (TPSA) is 61.8 Å². The van der Waals surface area contributed by atoms with Gasteiger partial charge in [-0.2, -0.15) is 0 Å². The van der Waals surface area contributed by atoms with Crippen molar-refractivity contribution in [3.63, 3.8) is 0 Å². The average Bonchev–Trinajstić information content (AvgIpc) is 2.53. The second-order valence-electron chi connectivity index (χ2n) is 4.53. The monoisotopic (exact) mass is 288 g/mol. The van der Waals surface area contributed by atoms with E-state index in [2.05, 4.69) is 6.58 Å². The first kappa shape index (κ1) is 16.0. The van der Waals surface area contributed by atoms with E-state index in [1.807, 2.05) is 6.92 Å². The Balaban J connectivity index is 2.30. The van der Waals surface area contributed by atoms with Crippen LogP contribution in [-0.2, 0) is 23.8 Å². The van der Waals surface area contributed by atoms with Gasteiger partial charge in [-0.15, -0.1) is 11.8 Å². The highest BCUT2D eigenvalue weighted by Crippen LogP contribution is 2.30. The van der Waals surface area contributed by atoms with Gasteiger partial charge in [0.25, 0.3) is 0 Å². The van der Waals surface area contributed by atoms with E-state index in [0.29, 0.717) is 18.8 Å². The number of carbonyl (C=O) groups is 2. The number of esters is 2. The molecular formula is C13H20O5S. The predicted octanol–water partition coefficient (Wildman–Crippen LogP) is 1.91. The largest absolute Gasteiger partial charge is 0.462 e. The zero-order valence-corrected chi connectivity index (χ0v) is 12.2. The van der Waals surface area contributed by atoms with Crippen molar-refractivity contribution in [1.82, 2.24) is 0 Å². The standard InChI is InChI=1S/C13H20O5S/c1-10(2)12(15)17-7-5-11(14)18-13(3)9-16-6-4-8-19-13/h1,4-9H2,2-3H3. The number of hydrogen-bond acceptors (Lipinski definition) is 6. The highest BCUT2D eigenvalue weighted by atomic mass is 32.2. The van der Waals surface area contributed by atoms with E-state index in [4.69, 9.17) is 14.2 Å². The number of ether oxygens (including phenoxy) is 3. The van der Waals surface area contributed by atoms with Gasteiger partial charge >= 0.3 is 11.9 Å². The molecule has 0 N–H and O–H groups in total. The summed E-state index contributed by atoms with van der Waals surface area (Å²) in [5.74, 6) is 0.00947. The van der Waals surface area contributed by atoms with Crippen molar-refractivity contribution < 1.29 is 23.8 Å². The summed E-state index contributed by atoms with van der Waals surface area (Å²) in [5.41, 5.74) is 0.313. The SMILES string of the molecule is C=C(C)C(=O)OCCC(=O)OC1(C)COCCCS1. The Bertz CT molecular complexity index is 345. The minimum atomic E-state index is -0.647. The summed E-state index contributed by atoms with van der Waals surface area (Å²) in [6.07, 6.45) is 0.989. The molecule has 108 valence electrons. The molecule has 1 aliphatic heterocycles. The Morgan fingerprint density at radius 3 is 2.89 bits per heavy atom. The Hall–Kier alpha value is -1.01. The molecule has 1 atom stereocenters. The van der Waals surface area contributed by atoms with E-state index < -0.39 is 16.9 Å². The van der Waals surface area contributed by atoms with Crippen molar-refractivity contribution in [2.75, 3.05) is 25.6 Å². The maximum absolute atomic E-state index is 11.7. The summed E-state index contributed by atoms with van der Waals surface area (Å²) < 4.78 is 15.6. The second-order valence-corrected chi connectivity index (χ2v) is 6.09. The molecule has 0 spiro atoms. The van der Waals surface area contributed by atoms with Crippen LogP contribution in [0.25, 0.3) is 0 Å². The quantitative estimate of drug-likeness (QED) is 0.569. The molecule has 1 heterocycles. The summed E-state index contributed by atoms with van der Waals surface area (Å²) in [5, 5.41) is 0. The number of hydrogen-bond donors (Lipinski definition) is 0. The lowest BCUT2D eigenvalue weighted by Gasteiger charge is -2.26. The summed E-state index contributed by atoms with van der Waals surface area (Å²) >= 11 is 1.57. The fraction of sp³-hybridized carbons (Fsp3) is 0.692. The second kappa shape index (κ2) is 7.55. The fourth-order valence-electron chi connectivity index (χ4n) is 1.45. The highest BCUT2D eigenvalue weighted by molar-refractivity contribution is 8.00. The molecule has 19 heavy (non-hydrogen) atoms. The lowest BCUT2D eigenvalue weighted by atomic mass is 10.3. The Kier molecular flexibility index (Phi) is 6.37. The van der Waals surface area contributed by atoms with Gasteiger partial charge in [-0.25, -0.2) is 4.79 Å². The first-order valence-electron chi connectivity index (χ1n) is 6.19. The number of thioether (sulfide) groups is 1. The van der Waals surface area contributed by atoms with Crippen LogP contribution in [0.3, 0.4) is 0 Å². The molecule has 5 nitrogen and oxygen atoms in total. The van der Waals surface area contributed by atoms with Gasteiger partial charge in [-0.05, 0) is 26.0 Å². The van der Waals surface area contributed by atoms with Gasteiger partial charge in [0.15, 0.2) is 4.93 Å². The van der Waals surface area contributed by atoms with Crippen LogP contribution in [0.1, 0.15) is 26.7 Å². The van der Waals surface area contributed by atoms with Crippen LogP contribution in [0.2, 0.25) is 0 Å². The van der Waals surface area contributed by atoms with Crippen LogP contribution in [0, 0.1) is 0 Å². The maximum atomic E-state index is 11.7. The number of carbonyl (C=O) groups excluding carboxylic acids is 2. The third-order valence-corrected chi connectivity index (χ3v) is 3.73. The molecule has 0 bridgehead atoms. The Labute approximate surface area is 117 Å². The van der Waals surface area contributed by atoms with E-state index in [9.17, 15) is 9.59 Å². The molecule has 0 aliphatic carbocycles. The maximum Gasteiger partial charge on any atom is 0.333 e. The van der Waals surface area contributed by atoms with Gasteiger partial charge < -0.3 is 14.2 Å².